The second-order valence-electron chi connectivity index (χ2n) is 4.17. The number of carbonyl (C=O) groups excluding carboxylic acids is 1. The van der Waals surface area contributed by atoms with Gasteiger partial charge in [0.1, 0.15) is 0 Å². The molecule has 0 aliphatic carbocycles. The molecule has 1 aromatic heterocycles. The van der Waals surface area contributed by atoms with Crippen molar-refractivity contribution in [3.8, 4) is 0 Å². The van der Waals surface area contributed by atoms with Gasteiger partial charge in [-0.2, -0.15) is 11.8 Å². The molecule has 0 atom stereocenters. The maximum Gasteiger partial charge on any atom is 0.204 e. The van der Waals surface area contributed by atoms with Crippen molar-refractivity contribution in [3.63, 3.8) is 0 Å². The Morgan fingerprint density at radius 1 is 1.28 bits per heavy atom. The van der Waals surface area contributed by atoms with Crippen LogP contribution in [0.15, 0.2) is 30.3 Å². The maximum atomic E-state index is 12.4. The third-order valence-electron chi connectivity index (χ3n) is 2.97. The zero-order valence-electron chi connectivity index (χ0n) is 9.61. The van der Waals surface area contributed by atoms with Crippen molar-refractivity contribution >= 4 is 40.5 Å². The Balaban J connectivity index is 1.98. The molecule has 1 aromatic carbocycles. The number of ketones is 1. The number of rotatable bonds is 2. The molecule has 1 nitrogen and oxygen atoms in total. The van der Waals surface area contributed by atoms with E-state index >= 15 is 0 Å². The first-order chi connectivity index (χ1) is 8.75. The Bertz CT molecular complexity index is 580. The smallest absolute Gasteiger partial charge is 0.204 e. The minimum atomic E-state index is 0.0463. The fraction of sp³-hybridized carbons (Fsp3) is 0.214. The lowest BCUT2D eigenvalue weighted by Crippen LogP contribution is -1.99. The summed E-state index contributed by atoms with van der Waals surface area (Å²) in [6, 6.07) is 9.28. The second-order valence-corrected chi connectivity index (χ2v) is 6.82. The van der Waals surface area contributed by atoms with E-state index in [1.807, 2.05) is 30.0 Å². The van der Waals surface area contributed by atoms with Crippen LogP contribution in [0.25, 0.3) is 0 Å². The van der Waals surface area contributed by atoms with E-state index in [0.29, 0.717) is 10.6 Å². The summed E-state index contributed by atoms with van der Waals surface area (Å²) in [7, 11) is 0. The Morgan fingerprint density at radius 2 is 2.11 bits per heavy atom. The van der Waals surface area contributed by atoms with E-state index < -0.39 is 0 Å². The van der Waals surface area contributed by atoms with E-state index in [9.17, 15) is 4.79 Å². The quantitative estimate of drug-likeness (QED) is 0.763. The molecule has 2 aromatic rings. The van der Waals surface area contributed by atoms with Crippen molar-refractivity contribution in [2.45, 2.75) is 12.2 Å². The molecule has 92 valence electrons. The van der Waals surface area contributed by atoms with E-state index in [4.69, 9.17) is 11.6 Å². The summed E-state index contributed by atoms with van der Waals surface area (Å²) in [5.74, 6) is 2.24. The Hall–Kier alpha value is -0.770. The average molecular weight is 295 g/mol. The maximum absolute atomic E-state index is 12.4. The van der Waals surface area contributed by atoms with Gasteiger partial charge in [0, 0.05) is 16.2 Å². The third-order valence-corrected chi connectivity index (χ3v) is 5.54. The van der Waals surface area contributed by atoms with Crippen LogP contribution >= 0.6 is 34.7 Å². The molecule has 0 N–H and O–H groups in total. The Kier molecular flexibility index (Phi) is 3.46. The highest BCUT2D eigenvalue weighted by molar-refractivity contribution is 7.98. The molecular formula is C14H11ClOS2. The van der Waals surface area contributed by atoms with Crippen LogP contribution in [0.1, 0.15) is 25.7 Å². The SMILES string of the molecule is O=C(c1cc2c(s1)CCSC2)c1ccccc1Cl. The Morgan fingerprint density at radius 3 is 2.89 bits per heavy atom. The van der Waals surface area contributed by atoms with Gasteiger partial charge in [0.05, 0.1) is 9.90 Å². The third kappa shape index (κ3) is 2.22. The fourth-order valence-electron chi connectivity index (χ4n) is 2.04. The number of fused-ring (bicyclic) bond motifs is 1. The number of carbonyl (C=O) groups is 1. The van der Waals surface area contributed by atoms with Crippen molar-refractivity contribution in [1.29, 1.82) is 0 Å². The van der Waals surface area contributed by atoms with E-state index in [1.54, 1.807) is 23.5 Å². The molecule has 1 aliphatic rings. The number of aryl methyl sites for hydroxylation is 1. The zero-order valence-corrected chi connectivity index (χ0v) is 12.0. The van der Waals surface area contributed by atoms with Crippen molar-refractivity contribution in [2.24, 2.45) is 0 Å². The van der Waals surface area contributed by atoms with E-state index in [-0.39, 0.29) is 5.78 Å². The topological polar surface area (TPSA) is 17.1 Å². The molecule has 1 aliphatic heterocycles. The summed E-state index contributed by atoms with van der Waals surface area (Å²) in [5, 5.41) is 0.531. The number of halogens is 1. The van der Waals surface area contributed by atoms with Gasteiger partial charge < -0.3 is 0 Å². The van der Waals surface area contributed by atoms with Crippen LogP contribution < -0.4 is 0 Å². The first-order valence-corrected chi connectivity index (χ1v) is 8.09. The molecule has 0 amide bonds. The van der Waals surface area contributed by atoms with Crippen molar-refractivity contribution < 1.29 is 4.79 Å². The number of benzene rings is 1. The van der Waals surface area contributed by atoms with Crippen molar-refractivity contribution in [2.75, 3.05) is 5.75 Å². The van der Waals surface area contributed by atoms with E-state index in [2.05, 4.69) is 0 Å². The van der Waals surface area contributed by atoms with Crippen LogP contribution in [-0.2, 0) is 12.2 Å². The largest absolute Gasteiger partial charge is 0.288 e. The second kappa shape index (κ2) is 5.08. The van der Waals surface area contributed by atoms with Gasteiger partial charge >= 0.3 is 0 Å². The van der Waals surface area contributed by atoms with Gasteiger partial charge in [0.25, 0.3) is 0 Å². The summed E-state index contributed by atoms with van der Waals surface area (Å²) in [5.41, 5.74) is 1.93. The zero-order chi connectivity index (χ0) is 12.5. The standard InChI is InChI=1S/C14H11ClOS2/c15-11-4-2-1-3-10(11)14(16)13-7-9-8-17-6-5-12(9)18-13/h1-4,7H,5-6,8H2. The number of thioether (sulfide) groups is 1. The van der Waals surface area contributed by atoms with E-state index in [1.165, 1.54) is 10.4 Å². The molecule has 0 unspecified atom stereocenters. The normalized spacial score (nSPS) is 14.3. The predicted molar refractivity (Wildman–Crippen MR) is 79.1 cm³/mol. The number of hydrogen-bond donors (Lipinski definition) is 0. The summed E-state index contributed by atoms with van der Waals surface area (Å²) < 4.78 is 0. The molecule has 0 saturated heterocycles. The van der Waals surface area contributed by atoms with Gasteiger partial charge in [-0.05, 0) is 35.9 Å². The summed E-state index contributed by atoms with van der Waals surface area (Å²) in [4.78, 5) is 14.6. The molecule has 18 heavy (non-hydrogen) atoms. The lowest BCUT2D eigenvalue weighted by atomic mass is 10.1. The van der Waals surface area contributed by atoms with Crippen LogP contribution in [0, 0.1) is 0 Å². The highest BCUT2D eigenvalue weighted by Gasteiger charge is 2.19. The molecule has 0 bridgehead atoms. The minimum Gasteiger partial charge on any atom is -0.288 e. The number of thiophene rings is 1. The highest BCUT2D eigenvalue weighted by Crippen LogP contribution is 2.33. The highest BCUT2D eigenvalue weighted by atomic mass is 35.5. The van der Waals surface area contributed by atoms with Gasteiger partial charge in [0.2, 0.25) is 5.78 Å². The lowest BCUT2D eigenvalue weighted by molar-refractivity contribution is 0.104. The van der Waals surface area contributed by atoms with Crippen molar-refractivity contribution in [1.82, 2.24) is 0 Å². The predicted octanol–water partition coefficient (Wildman–Crippen LogP) is 4.42. The van der Waals surface area contributed by atoms with Crippen molar-refractivity contribution in [3.05, 3.63) is 56.2 Å². The molecule has 4 heteroatoms. The molecule has 3 rings (SSSR count). The number of hydrogen-bond acceptors (Lipinski definition) is 3. The van der Waals surface area contributed by atoms with Gasteiger partial charge in [-0.1, -0.05) is 23.7 Å². The van der Waals surface area contributed by atoms with Crippen LogP contribution in [0.3, 0.4) is 0 Å². The van der Waals surface area contributed by atoms with Gasteiger partial charge in [-0.3, -0.25) is 4.79 Å². The Labute approximate surface area is 119 Å². The summed E-state index contributed by atoms with van der Waals surface area (Å²) in [6.45, 7) is 0. The molecule has 0 saturated carbocycles. The van der Waals surface area contributed by atoms with Crippen LogP contribution in [0.4, 0.5) is 0 Å². The monoisotopic (exact) mass is 294 g/mol. The average Bonchev–Trinajstić information content (AvgIpc) is 2.82. The van der Waals surface area contributed by atoms with Crippen LogP contribution in [-0.4, -0.2) is 11.5 Å². The van der Waals surface area contributed by atoms with Crippen LogP contribution in [0.2, 0.25) is 5.02 Å². The van der Waals surface area contributed by atoms with Gasteiger partial charge in [-0.25, -0.2) is 0 Å². The lowest BCUT2D eigenvalue weighted by Gasteiger charge is -2.08. The van der Waals surface area contributed by atoms with Crippen LogP contribution in [0.5, 0.6) is 0 Å². The first-order valence-electron chi connectivity index (χ1n) is 5.74. The molecule has 0 radical (unpaired) electrons. The minimum absolute atomic E-state index is 0.0463. The summed E-state index contributed by atoms with van der Waals surface area (Å²) in [6.07, 6.45) is 1.08. The van der Waals surface area contributed by atoms with Gasteiger partial charge in [-0.15, -0.1) is 11.3 Å². The van der Waals surface area contributed by atoms with Gasteiger partial charge in [0.15, 0.2) is 0 Å². The summed E-state index contributed by atoms with van der Waals surface area (Å²) >= 11 is 9.63. The molecule has 2 heterocycles. The fourth-order valence-corrected chi connectivity index (χ4v) is 4.59. The molecular weight excluding hydrogens is 284 g/mol. The first kappa shape index (κ1) is 12.3. The van der Waals surface area contributed by atoms with E-state index in [0.717, 1.165) is 22.8 Å². The molecule has 0 fully saturated rings. The molecule has 0 spiro atoms.